The topological polar surface area (TPSA) is 78.5 Å². The van der Waals surface area contributed by atoms with E-state index in [1.165, 1.54) is 0 Å². The van der Waals surface area contributed by atoms with Crippen molar-refractivity contribution >= 4 is 17.8 Å². The second kappa shape index (κ2) is 5.33. The summed E-state index contributed by atoms with van der Waals surface area (Å²) in [4.78, 5) is 38.5. The maximum Gasteiger partial charge on any atom is 0.325 e. The van der Waals surface area contributed by atoms with Crippen LogP contribution in [0.15, 0.2) is 24.3 Å². The van der Waals surface area contributed by atoms with Gasteiger partial charge in [-0.05, 0) is 49.7 Å². The lowest BCUT2D eigenvalue weighted by molar-refractivity contribution is -0.135. The average Bonchev–Trinajstić information content (AvgIpc) is 3.31. The van der Waals surface area contributed by atoms with E-state index in [1.54, 1.807) is 0 Å². The molecule has 6 nitrogen and oxygen atoms in total. The molecule has 1 aliphatic heterocycles. The van der Waals surface area contributed by atoms with Gasteiger partial charge < -0.3 is 10.6 Å². The predicted octanol–water partition coefficient (Wildman–Crippen LogP) is 1.29. The summed E-state index contributed by atoms with van der Waals surface area (Å²) in [5, 5.41) is 5.73. The Hall–Kier alpha value is -2.37. The Bertz CT molecular complexity index is 728. The van der Waals surface area contributed by atoms with Crippen LogP contribution in [-0.2, 0) is 21.5 Å². The Morgan fingerprint density at radius 3 is 2.88 bits per heavy atom. The number of carbonyl (C=O) groups excluding carboxylic acids is 3. The normalized spacial score (nSPS) is 26.5. The van der Waals surface area contributed by atoms with Crippen molar-refractivity contribution in [2.24, 2.45) is 5.92 Å². The molecular weight excluding hydrogens is 306 g/mol. The second-order valence-electron chi connectivity index (χ2n) is 7.08. The van der Waals surface area contributed by atoms with Crippen molar-refractivity contribution in [3.8, 4) is 0 Å². The molecular formula is C18H21N3O3. The number of rotatable bonds is 4. The minimum Gasteiger partial charge on any atom is -0.352 e. The molecule has 0 unspecified atom stereocenters. The summed E-state index contributed by atoms with van der Waals surface area (Å²) in [6.07, 6.45) is 3.56. The zero-order valence-corrected chi connectivity index (χ0v) is 13.7. The Balaban J connectivity index is 1.51. The van der Waals surface area contributed by atoms with Gasteiger partial charge >= 0.3 is 6.03 Å². The first-order chi connectivity index (χ1) is 11.5. The highest BCUT2D eigenvalue weighted by atomic mass is 16.2. The van der Waals surface area contributed by atoms with Crippen LogP contribution < -0.4 is 10.6 Å². The fraction of sp³-hybridized carbons (Fsp3) is 0.500. The largest absolute Gasteiger partial charge is 0.352 e. The number of hydrogen-bond acceptors (Lipinski definition) is 3. The maximum absolute atomic E-state index is 12.9. The van der Waals surface area contributed by atoms with E-state index in [-0.39, 0.29) is 24.4 Å². The SMILES string of the molecule is C[C@@H](NC(=O)CN1C(=O)N[C@]2(CCc3ccccc32)C1=O)C1CC1. The molecule has 24 heavy (non-hydrogen) atoms. The van der Waals surface area contributed by atoms with Gasteiger partial charge in [0.2, 0.25) is 5.91 Å². The fourth-order valence-corrected chi connectivity index (χ4v) is 3.89. The molecule has 1 spiro atoms. The van der Waals surface area contributed by atoms with E-state index >= 15 is 0 Å². The quantitative estimate of drug-likeness (QED) is 0.818. The van der Waals surface area contributed by atoms with E-state index in [1.807, 2.05) is 31.2 Å². The molecule has 3 aliphatic rings. The van der Waals surface area contributed by atoms with Crippen molar-refractivity contribution in [2.75, 3.05) is 6.54 Å². The van der Waals surface area contributed by atoms with Gasteiger partial charge in [0.1, 0.15) is 12.1 Å². The van der Waals surface area contributed by atoms with Gasteiger partial charge in [-0.3, -0.25) is 14.5 Å². The van der Waals surface area contributed by atoms with Gasteiger partial charge in [0.25, 0.3) is 5.91 Å². The fourth-order valence-electron chi connectivity index (χ4n) is 3.89. The highest BCUT2D eigenvalue weighted by Crippen LogP contribution is 2.41. The third-order valence-electron chi connectivity index (χ3n) is 5.44. The zero-order chi connectivity index (χ0) is 16.9. The molecule has 0 bridgehead atoms. The first kappa shape index (κ1) is 15.2. The molecule has 1 aromatic carbocycles. The predicted molar refractivity (Wildman–Crippen MR) is 87.0 cm³/mol. The summed E-state index contributed by atoms with van der Waals surface area (Å²) in [5.41, 5.74) is 0.952. The highest BCUT2D eigenvalue weighted by Gasteiger charge is 2.55. The first-order valence-electron chi connectivity index (χ1n) is 8.53. The number of fused-ring (bicyclic) bond motifs is 2. The summed E-state index contributed by atoms with van der Waals surface area (Å²) in [7, 11) is 0. The van der Waals surface area contributed by atoms with E-state index in [4.69, 9.17) is 0 Å². The van der Waals surface area contributed by atoms with Crippen LogP contribution in [0.2, 0.25) is 0 Å². The standard InChI is InChI=1S/C18H21N3O3/c1-11(12-6-7-12)19-15(22)10-21-16(23)18(20-17(21)24)9-8-13-4-2-3-5-14(13)18/h2-5,11-12H,6-10H2,1H3,(H,19,22)(H,20,24)/t11-,18+/m1/s1. The smallest absolute Gasteiger partial charge is 0.325 e. The molecule has 4 rings (SSSR count). The minimum atomic E-state index is -0.990. The molecule has 6 heteroatoms. The number of nitrogens with one attached hydrogen (secondary N) is 2. The van der Waals surface area contributed by atoms with Crippen LogP contribution in [0.5, 0.6) is 0 Å². The van der Waals surface area contributed by atoms with Crippen LogP contribution in [0.3, 0.4) is 0 Å². The van der Waals surface area contributed by atoms with Gasteiger partial charge in [0.05, 0.1) is 0 Å². The van der Waals surface area contributed by atoms with Gasteiger partial charge in [-0.1, -0.05) is 24.3 Å². The Kier molecular flexibility index (Phi) is 3.37. The number of aryl methyl sites for hydroxylation is 1. The third kappa shape index (κ3) is 2.28. The summed E-state index contributed by atoms with van der Waals surface area (Å²) in [5.74, 6) is -0.0574. The van der Waals surface area contributed by atoms with Crippen LogP contribution in [0.1, 0.15) is 37.3 Å². The molecule has 1 aromatic rings. The van der Waals surface area contributed by atoms with Crippen molar-refractivity contribution in [1.82, 2.24) is 15.5 Å². The summed E-state index contributed by atoms with van der Waals surface area (Å²) in [6, 6.07) is 7.29. The number of urea groups is 1. The van der Waals surface area contributed by atoms with E-state index < -0.39 is 11.6 Å². The lowest BCUT2D eigenvalue weighted by Gasteiger charge is -2.22. The number of amides is 4. The van der Waals surface area contributed by atoms with Gasteiger partial charge in [-0.2, -0.15) is 0 Å². The number of benzene rings is 1. The molecule has 1 saturated heterocycles. The molecule has 2 N–H and O–H groups in total. The van der Waals surface area contributed by atoms with E-state index in [0.717, 1.165) is 35.3 Å². The molecule has 2 aliphatic carbocycles. The number of imide groups is 1. The number of carbonyl (C=O) groups is 3. The Labute approximate surface area is 140 Å². The van der Waals surface area contributed by atoms with Crippen molar-refractivity contribution in [1.29, 1.82) is 0 Å². The van der Waals surface area contributed by atoms with Crippen molar-refractivity contribution < 1.29 is 14.4 Å². The molecule has 0 radical (unpaired) electrons. The maximum atomic E-state index is 12.9. The van der Waals surface area contributed by atoms with Gasteiger partial charge in [0.15, 0.2) is 0 Å². The average molecular weight is 327 g/mol. The summed E-state index contributed by atoms with van der Waals surface area (Å²) >= 11 is 0. The zero-order valence-electron chi connectivity index (χ0n) is 13.7. The molecule has 2 atom stereocenters. The summed E-state index contributed by atoms with van der Waals surface area (Å²) < 4.78 is 0. The first-order valence-corrected chi connectivity index (χ1v) is 8.53. The van der Waals surface area contributed by atoms with Crippen LogP contribution in [-0.4, -0.2) is 35.3 Å². The monoisotopic (exact) mass is 327 g/mol. The molecule has 4 amide bonds. The molecule has 2 fully saturated rings. The Morgan fingerprint density at radius 1 is 1.38 bits per heavy atom. The number of nitrogens with zero attached hydrogens (tertiary/aromatic N) is 1. The molecule has 1 saturated carbocycles. The van der Waals surface area contributed by atoms with Crippen molar-refractivity contribution in [2.45, 2.75) is 44.2 Å². The van der Waals surface area contributed by atoms with Crippen LogP contribution in [0.4, 0.5) is 4.79 Å². The van der Waals surface area contributed by atoms with Crippen LogP contribution in [0, 0.1) is 5.92 Å². The van der Waals surface area contributed by atoms with E-state index in [9.17, 15) is 14.4 Å². The Morgan fingerprint density at radius 2 is 2.12 bits per heavy atom. The third-order valence-corrected chi connectivity index (χ3v) is 5.44. The van der Waals surface area contributed by atoms with Crippen molar-refractivity contribution in [3.05, 3.63) is 35.4 Å². The van der Waals surface area contributed by atoms with E-state index in [0.29, 0.717) is 12.3 Å². The molecule has 0 aromatic heterocycles. The van der Waals surface area contributed by atoms with Crippen LogP contribution >= 0.6 is 0 Å². The van der Waals surface area contributed by atoms with E-state index in [2.05, 4.69) is 10.6 Å². The van der Waals surface area contributed by atoms with Crippen molar-refractivity contribution in [3.63, 3.8) is 0 Å². The lowest BCUT2D eigenvalue weighted by Crippen LogP contribution is -2.45. The van der Waals surface area contributed by atoms with Gasteiger partial charge in [-0.15, -0.1) is 0 Å². The second-order valence-corrected chi connectivity index (χ2v) is 7.08. The molecule has 126 valence electrons. The summed E-state index contributed by atoms with van der Waals surface area (Å²) in [6.45, 7) is 1.75. The minimum absolute atomic E-state index is 0.0967. The van der Waals surface area contributed by atoms with Gasteiger partial charge in [-0.25, -0.2) is 4.79 Å². The van der Waals surface area contributed by atoms with Gasteiger partial charge in [0, 0.05) is 6.04 Å². The molecule has 1 heterocycles. The number of hydrogen-bond donors (Lipinski definition) is 2. The lowest BCUT2D eigenvalue weighted by atomic mass is 9.92. The highest BCUT2D eigenvalue weighted by molar-refractivity contribution is 6.09. The van der Waals surface area contributed by atoms with Crippen LogP contribution in [0.25, 0.3) is 0 Å².